The molecule has 0 aliphatic rings. The lowest BCUT2D eigenvalue weighted by Crippen LogP contribution is -2.37. The average molecular weight is 362 g/mol. The fourth-order valence-corrected chi connectivity index (χ4v) is 3.04. The Balaban J connectivity index is 2.12. The largest absolute Gasteiger partial charge is 0.496 e. The molecule has 0 heterocycles. The maximum absolute atomic E-state index is 12.3. The Morgan fingerprint density at radius 1 is 1.12 bits per heavy atom. The van der Waals surface area contributed by atoms with Crippen molar-refractivity contribution in [2.24, 2.45) is 0 Å². The Morgan fingerprint density at radius 2 is 1.76 bits per heavy atom. The van der Waals surface area contributed by atoms with Crippen molar-refractivity contribution in [1.82, 2.24) is 4.31 Å². The third-order valence-electron chi connectivity index (χ3n) is 3.66. The highest BCUT2D eigenvalue weighted by Crippen LogP contribution is 2.20. The molecule has 0 spiro atoms. The molecule has 6 nitrogen and oxygen atoms in total. The Hall–Kier alpha value is -2.38. The van der Waals surface area contributed by atoms with Crippen molar-refractivity contribution in [2.45, 2.75) is 13.5 Å². The molecule has 0 saturated heterocycles. The lowest BCUT2D eigenvalue weighted by atomic mass is 10.2. The van der Waals surface area contributed by atoms with E-state index in [1.165, 1.54) is 7.11 Å². The number of nitrogens with one attached hydrogen (secondary N) is 1. The van der Waals surface area contributed by atoms with Gasteiger partial charge in [-0.1, -0.05) is 35.9 Å². The molecule has 0 bridgehead atoms. The highest BCUT2D eigenvalue weighted by atomic mass is 32.2. The van der Waals surface area contributed by atoms with Crippen LogP contribution in [0.25, 0.3) is 0 Å². The van der Waals surface area contributed by atoms with Crippen molar-refractivity contribution in [3.05, 3.63) is 59.7 Å². The number of para-hydroxylation sites is 1. The van der Waals surface area contributed by atoms with Crippen molar-refractivity contribution in [3.8, 4) is 5.75 Å². The van der Waals surface area contributed by atoms with Crippen molar-refractivity contribution in [3.63, 3.8) is 0 Å². The van der Waals surface area contributed by atoms with Gasteiger partial charge in [-0.2, -0.15) is 4.31 Å². The number of amides is 1. The minimum atomic E-state index is -3.57. The van der Waals surface area contributed by atoms with Gasteiger partial charge in [-0.15, -0.1) is 0 Å². The number of carbonyl (C=O) groups is 1. The number of methoxy groups -OCH3 is 1. The first-order chi connectivity index (χ1) is 11.8. The minimum absolute atomic E-state index is 0.0597. The predicted molar refractivity (Wildman–Crippen MR) is 98.1 cm³/mol. The number of nitrogens with zero attached hydrogens (tertiary/aromatic N) is 1. The van der Waals surface area contributed by atoms with E-state index in [2.05, 4.69) is 5.32 Å². The van der Waals surface area contributed by atoms with E-state index in [1.807, 2.05) is 19.1 Å². The molecule has 0 aromatic heterocycles. The van der Waals surface area contributed by atoms with Crippen LogP contribution in [0.1, 0.15) is 11.1 Å². The summed E-state index contributed by atoms with van der Waals surface area (Å²) < 4.78 is 30.5. The van der Waals surface area contributed by atoms with Crippen LogP contribution in [0.15, 0.2) is 48.5 Å². The molecule has 1 amide bonds. The third-order valence-corrected chi connectivity index (χ3v) is 4.86. The van der Waals surface area contributed by atoms with Gasteiger partial charge in [-0.3, -0.25) is 4.79 Å². The Labute approximate surface area is 148 Å². The van der Waals surface area contributed by atoms with Crippen molar-refractivity contribution < 1.29 is 17.9 Å². The van der Waals surface area contributed by atoms with Gasteiger partial charge >= 0.3 is 0 Å². The Bertz CT molecular complexity index is 832. The highest BCUT2D eigenvalue weighted by Gasteiger charge is 2.22. The van der Waals surface area contributed by atoms with Crippen molar-refractivity contribution >= 4 is 21.6 Å². The molecule has 2 rings (SSSR count). The van der Waals surface area contributed by atoms with E-state index in [0.29, 0.717) is 17.0 Å². The summed E-state index contributed by atoms with van der Waals surface area (Å²) in [6, 6.07) is 14.4. The maximum Gasteiger partial charge on any atom is 0.239 e. The monoisotopic (exact) mass is 362 g/mol. The number of anilines is 1. The molecular weight excluding hydrogens is 340 g/mol. The van der Waals surface area contributed by atoms with Gasteiger partial charge in [0, 0.05) is 17.8 Å². The molecule has 1 N–H and O–H groups in total. The van der Waals surface area contributed by atoms with Crippen molar-refractivity contribution in [1.29, 1.82) is 0 Å². The van der Waals surface area contributed by atoms with Gasteiger partial charge in [0.25, 0.3) is 0 Å². The second-order valence-electron chi connectivity index (χ2n) is 5.76. The zero-order valence-electron chi connectivity index (χ0n) is 14.5. The number of hydrogen-bond donors (Lipinski definition) is 1. The summed E-state index contributed by atoms with van der Waals surface area (Å²) in [6.07, 6.45) is 1.08. The summed E-state index contributed by atoms with van der Waals surface area (Å²) in [5, 5.41) is 2.71. The van der Waals surface area contributed by atoms with Gasteiger partial charge in [0.2, 0.25) is 15.9 Å². The zero-order valence-corrected chi connectivity index (χ0v) is 15.3. The molecule has 2 aromatic carbocycles. The van der Waals surface area contributed by atoms with Gasteiger partial charge in [-0.05, 0) is 25.1 Å². The zero-order chi connectivity index (χ0) is 18.4. The first-order valence-electron chi connectivity index (χ1n) is 7.73. The van der Waals surface area contributed by atoms with Crippen LogP contribution >= 0.6 is 0 Å². The van der Waals surface area contributed by atoms with Crippen LogP contribution < -0.4 is 10.1 Å². The summed E-state index contributed by atoms with van der Waals surface area (Å²) in [4.78, 5) is 12.3. The van der Waals surface area contributed by atoms with Gasteiger partial charge in [0.1, 0.15) is 5.75 Å². The molecule has 0 atom stereocenters. The summed E-state index contributed by atoms with van der Waals surface area (Å²) >= 11 is 0. The van der Waals surface area contributed by atoms with Crippen molar-refractivity contribution in [2.75, 3.05) is 25.2 Å². The topological polar surface area (TPSA) is 75.7 Å². The quantitative estimate of drug-likeness (QED) is 0.821. The first kappa shape index (κ1) is 19.0. The highest BCUT2D eigenvalue weighted by molar-refractivity contribution is 7.88. The number of carbonyl (C=O) groups excluding carboxylic acids is 1. The summed E-state index contributed by atoms with van der Waals surface area (Å²) in [6.45, 7) is 1.74. The second kappa shape index (κ2) is 8.13. The van der Waals surface area contributed by atoms with E-state index in [1.54, 1.807) is 36.4 Å². The predicted octanol–water partition coefficient (Wildman–Crippen LogP) is 2.40. The summed E-state index contributed by atoms with van der Waals surface area (Å²) in [7, 11) is -2.04. The molecule has 0 aliphatic heterocycles. The van der Waals surface area contributed by atoms with Crippen LogP contribution in [0.5, 0.6) is 5.75 Å². The summed E-state index contributed by atoms with van der Waals surface area (Å²) in [5.41, 5.74) is 2.40. The average Bonchev–Trinajstić information content (AvgIpc) is 2.56. The number of ether oxygens (including phenoxy) is 1. The Kier molecular flexibility index (Phi) is 6.17. The molecule has 0 saturated carbocycles. The van der Waals surface area contributed by atoms with E-state index < -0.39 is 15.9 Å². The fraction of sp³-hybridized carbons (Fsp3) is 0.278. The lowest BCUT2D eigenvalue weighted by molar-refractivity contribution is -0.116. The number of hydrogen-bond acceptors (Lipinski definition) is 4. The number of benzene rings is 2. The van der Waals surface area contributed by atoms with E-state index in [-0.39, 0.29) is 13.1 Å². The number of sulfonamides is 1. The Morgan fingerprint density at radius 3 is 2.36 bits per heavy atom. The molecule has 25 heavy (non-hydrogen) atoms. The van der Waals surface area contributed by atoms with Crippen LogP contribution in [0.2, 0.25) is 0 Å². The molecule has 7 heteroatoms. The SMILES string of the molecule is COc1ccccc1CN(CC(=O)Nc1ccc(C)cc1)S(C)(=O)=O. The van der Waals surface area contributed by atoms with Crippen LogP contribution in [0.3, 0.4) is 0 Å². The van der Waals surface area contributed by atoms with E-state index >= 15 is 0 Å². The molecule has 134 valence electrons. The lowest BCUT2D eigenvalue weighted by Gasteiger charge is -2.20. The molecule has 0 unspecified atom stereocenters. The normalized spacial score (nSPS) is 11.4. The standard InChI is InChI=1S/C18H22N2O4S/c1-14-8-10-16(11-9-14)19-18(21)13-20(25(3,22)23)12-15-6-4-5-7-17(15)24-2/h4-11H,12-13H2,1-3H3,(H,19,21). The van der Waals surface area contributed by atoms with E-state index in [4.69, 9.17) is 4.74 Å². The van der Waals surface area contributed by atoms with Crippen LogP contribution in [-0.2, 0) is 21.4 Å². The minimum Gasteiger partial charge on any atom is -0.496 e. The van der Waals surface area contributed by atoms with Crippen LogP contribution in [0.4, 0.5) is 5.69 Å². The van der Waals surface area contributed by atoms with Crippen LogP contribution in [0, 0.1) is 6.92 Å². The van der Waals surface area contributed by atoms with Gasteiger partial charge in [0.05, 0.1) is 19.9 Å². The first-order valence-corrected chi connectivity index (χ1v) is 9.58. The number of rotatable bonds is 7. The van der Waals surface area contributed by atoms with Gasteiger partial charge in [-0.25, -0.2) is 8.42 Å². The maximum atomic E-state index is 12.3. The second-order valence-corrected chi connectivity index (χ2v) is 7.74. The molecule has 0 radical (unpaired) electrons. The van der Waals surface area contributed by atoms with E-state index in [0.717, 1.165) is 16.1 Å². The molecule has 0 aliphatic carbocycles. The fourth-order valence-electron chi connectivity index (χ4n) is 2.31. The number of aryl methyl sites for hydroxylation is 1. The summed E-state index contributed by atoms with van der Waals surface area (Å²) in [5.74, 6) is 0.180. The molecule has 0 fully saturated rings. The van der Waals surface area contributed by atoms with Crippen LogP contribution in [-0.4, -0.2) is 38.5 Å². The van der Waals surface area contributed by atoms with Gasteiger partial charge < -0.3 is 10.1 Å². The van der Waals surface area contributed by atoms with E-state index in [9.17, 15) is 13.2 Å². The van der Waals surface area contributed by atoms with Gasteiger partial charge in [0.15, 0.2) is 0 Å². The third kappa shape index (κ3) is 5.58. The molecular formula is C18H22N2O4S. The smallest absolute Gasteiger partial charge is 0.239 e. The molecule has 2 aromatic rings.